The van der Waals surface area contributed by atoms with Crippen LogP contribution in [0.2, 0.25) is 4.34 Å². The first-order valence-electron chi connectivity index (χ1n) is 10.5. The minimum Gasteiger partial charge on any atom is -0.494 e. The number of thiazole rings is 1. The van der Waals surface area contributed by atoms with Crippen molar-refractivity contribution in [3.63, 3.8) is 0 Å². The number of halogens is 1. The minimum atomic E-state index is -3.68. The third-order valence-corrected chi connectivity index (χ3v) is 9.96. The van der Waals surface area contributed by atoms with Crippen LogP contribution in [0.25, 0.3) is 10.2 Å². The predicted molar refractivity (Wildman–Crippen MR) is 133 cm³/mol. The monoisotopic (exact) mass is 525 g/mol. The van der Waals surface area contributed by atoms with Crippen molar-refractivity contribution in [3.05, 3.63) is 52.1 Å². The van der Waals surface area contributed by atoms with Crippen LogP contribution < -0.4 is 9.54 Å². The Morgan fingerprint density at radius 2 is 2.15 bits per heavy atom. The van der Waals surface area contributed by atoms with E-state index in [9.17, 15) is 13.2 Å². The fourth-order valence-electron chi connectivity index (χ4n) is 3.81. The number of thiophene rings is 1. The van der Waals surface area contributed by atoms with E-state index in [4.69, 9.17) is 16.3 Å². The molecule has 2 aromatic heterocycles. The number of nitrogens with zero attached hydrogens (tertiary/aromatic N) is 3. The minimum absolute atomic E-state index is 0.112. The molecule has 1 aromatic carbocycles. The van der Waals surface area contributed by atoms with Gasteiger partial charge in [-0.25, -0.2) is 8.42 Å². The van der Waals surface area contributed by atoms with Crippen LogP contribution in [0.5, 0.6) is 5.75 Å². The van der Waals surface area contributed by atoms with Crippen LogP contribution in [0.1, 0.15) is 19.8 Å². The molecule has 1 fully saturated rings. The van der Waals surface area contributed by atoms with E-state index in [0.29, 0.717) is 41.7 Å². The maximum Gasteiger partial charge on any atom is 0.252 e. The smallest absolute Gasteiger partial charge is 0.252 e. The molecule has 1 aliphatic heterocycles. The number of sulfonamides is 1. The Labute approximate surface area is 205 Å². The zero-order valence-electron chi connectivity index (χ0n) is 18.1. The second kappa shape index (κ2) is 10.1. The zero-order valence-corrected chi connectivity index (χ0v) is 21.3. The fraction of sp³-hybridized carbons (Fsp3) is 0.364. The number of benzene rings is 1. The van der Waals surface area contributed by atoms with Crippen molar-refractivity contribution in [1.82, 2.24) is 8.87 Å². The summed E-state index contributed by atoms with van der Waals surface area (Å²) in [5, 5.41) is 0. The number of hydrogen-bond donors (Lipinski definition) is 0. The molecule has 1 atom stereocenters. The van der Waals surface area contributed by atoms with Crippen molar-refractivity contribution < 1.29 is 17.9 Å². The van der Waals surface area contributed by atoms with Crippen LogP contribution in [0.3, 0.4) is 0 Å². The molecule has 1 amide bonds. The van der Waals surface area contributed by atoms with Gasteiger partial charge in [-0.2, -0.15) is 9.30 Å². The number of rotatable bonds is 7. The maximum absolute atomic E-state index is 13.1. The van der Waals surface area contributed by atoms with Crippen molar-refractivity contribution in [2.24, 2.45) is 10.9 Å². The van der Waals surface area contributed by atoms with E-state index in [1.807, 2.05) is 29.7 Å². The summed E-state index contributed by atoms with van der Waals surface area (Å²) in [7, 11) is -3.68. The topological polar surface area (TPSA) is 81.0 Å². The lowest BCUT2D eigenvalue weighted by atomic mass is 9.99. The molecule has 0 spiro atoms. The fourth-order valence-corrected chi connectivity index (χ4v) is 8.05. The van der Waals surface area contributed by atoms with Gasteiger partial charge in [0.25, 0.3) is 15.9 Å². The number of amides is 1. The van der Waals surface area contributed by atoms with Gasteiger partial charge in [-0.1, -0.05) is 29.0 Å². The third kappa shape index (κ3) is 5.09. The van der Waals surface area contributed by atoms with E-state index in [1.54, 1.807) is 12.1 Å². The molecule has 1 saturated heterocycles. The molecule has 4 rings (SSSR count). The van der Waals surface area contributed by atoms with Gasteiger partial charge in [-0.15, -0.1) is 17.9 Å². The molecule has 7 nitrogen and oxygen atoms in total. The molecule has 0 bridgehead atoms. The van der Waals surface area contributed by atoms with Gasteiger partial charge in [0.15, 0.2) is 4.80 Å². The van der Waals surface area contributed by atoms with Crippen LogP contribution in [-0.4, -0.2) is 42.9 Å². The lowest BCUT2D eigenvalue weighted by Gasteiger charge is -2.29. The van der Waals surface area contributed by atoms with E-state index in [-0.39, 0.29) is 16.7 Å². The quantitative estimate of drug-likeness (QED) is 0.424. The second-order valence-corrected chi connectivity index (χ2v) is 12.4. The summed E-state index contributed by atoms with van der Waals surface area (Å²) >= 11 is 8.35. The standard InChI is InChI=1S/C22H24ClN3O4S3/c1-3-11-26-17-8-7-16(30-4-2)13-18(17)31-22(26)24-21(27)15-6-5-12-25(14-15)33(28,29)20-10-9-19(23)32-20/h3,7-10,13,15H,1,4-6,11-12,14H2,2H3. The third-order valence-electron chi connectivity index (χ3n) is 5.36. The van der Waals surface area contributed by atoms with Crippen LogP contribution in [0.15, 0.2) is 52.2 Å². The van der Waals surface area contributed by atoms with E-state index in [1.165, 1.54) is 21.7 Å². The van der Waals surface area contributed by atoms with Gasteiger partial charge >= 0.3 is 0 Å². The molecule has 0 N–H and O–H groups in total. The highest BCUT2D eigenvalue weighted by Gasteiger charge is 2.34. The molecule has 1 unspecified atom stereocenters. The summed E-state index contributed by atoms with van der Waals surface area (Å²) in [5.74, 6) is -0.0458. The number of aromatic nitrogens is 1. The summed E-state index contributed by atoms with van der Waals surface area (Å²) in [6, 6.07) is 8.85. The number of hydrogen-bond acceptors (Lipinski definition) is 6. The molecule has 3 aromatic rings. The van der Waals surface area contributed by atoms with Crippen molar-refractivity contribution in [2.45, 2.75) is 30.5 Å². The number of ether oxygens (including phenoxy) is 1. The maximum atomic E-state index is 13.1. The molecule has 1 aliphatic rings. The van der Waals surface area contributed by atoms with Crippen molar-refractivity contribution in [2.75, 3.05) is 19.7 Å². The van der Waals surface area contributed by atoms with E-state index in [2.05, 4.69) is 11.6 Å². The Bertz CT molecular complexity index is 1360. The molecule has 0 aliphatic carbocycles. The molecule has 0 radical (unpaired) electrons. The van der Waals surface area contributed by atoms with Gasteiger partial charge in [-0.3, -0.25) is 4.79 Å². The van der Waals surface area contributed by atoms with Crippen LogP contribution in [0, 0.1) is 5.92 Å². The second-order valence-electron chi connectivity index (χ2n) is 7.56. The first kappa shape index (κ1) is 24.2. The van der Waals surface area contributed by atoms with Crippen LogP contribution in [0.4, 0.5) is 0 Å². The van der Waals surface area contributed by atoms with Crippen molar-refractivity contribution in [3.8, 4) is 5.75 Å². The summed E-state index contributed by atoms with van der Waals surface area (Å²) < 4.78 is 36.4. The zero-order chi connectivity index (χ0) is 23.6. The SMILES string of the molecule is C=CCn1c(=NC(=O)C2CCCN(S(=O)(=O)c3ccc(Cl)s3)C2)sc2cc(OCC)ccc21. The van der Waals surface area contributed by atoms with Gasteiger partial charge in [0.1, 0.15) is 9.96 Å². The Morgan fingerprint density at radius 1 is 1.33 bits per heavy atom. The van der Waals surface area contributed by atoms with Gasteiger partial charge in [0, 0.05) is 19.6 Å². The molecule has 33 heavy (non-hydrogen) atoms. The first-order valence-corrected chi connectivity index (χ1v) is 14.0. The molecular weight excluding hydrogens is 502 g/mol. The summed E-state index contributed by atoms with van der Waals surface area (Å²) in [5.41, 5.74) is 0.942. The van der Waals surface area contributed by atoms with Gasteiger partial charge in [-0.05, 0) is 50.1 Å². The van der Waals surface area contributed by atoms with E-state index < -0.39 is 15.9 Å². The molecule has 11 heteroatoms. The lowest BCUT2D eigenvalue weighted by Crippen LogP contribution is -2.42. The number of carbonyl (C=O) groups is 1. The molecular formula is C22H24ClN3O4S3. The lowest BCUT2D eigenvalue weighted by molar-refractivity contribution is -0.122. The number of piperidine rings is 1. The Hall–Kier alpha value is -1.98. The van der Waals surface area contributed by atoms with Crippen LogP contribution in [-0.2, 0) is 21.4 Å². The van der Waals surface area contributed by atoms with Gasteiger partial charge in [0.05, 0.1) is 27.1 Å². The number of carbonyl (C=O) groups excluding carboxylic acids is 1. The normalized spacial score (nSPS) is 18.0. The molecule has 176 valence electrons. The highest BCUT2D eigenvalue weighted by Crippen LogP contribution is 2.31. The van der Waals surface area contributed by atoms with E-state index >= 15 is 0 Å². The largest absolute Gasteiger partial charge is 0.494 e. The first-order chi connectivity index (χ1) is 15.8. The molecule has 3 heterocycles. The summed E-state index contributed by atoms with van der Waals surface area (Å²) in [4.78, 5) is 18.1. The Balaban J connectivity index is 1.63. The van der Waals surface area contributed by atoms with Crippen molar-refractivity contribution in [1.29, 1.82) is 0 Å². The highest BCUT2D eigenvalue weighted by atomic mass is 35.5. The Morgan fingerprint density at radius 3 is 2.85 bits per heavy atom. The highest BCUT2D eigenvalue weighted by molar-refractivity contribution is 7.91. The number of allylic oxidation sites excluding steroid dienone is 1. The Kier molecular flexibility index (Phi) is 7.40. The van der Waals surface area contributed by atoms with Crippen LogP contribution >= 0.6 is 34.3 Å². The van der Waals surface area contributed by atoms with Gasteiger partial charge in [0.2, 0.25) is 0 Å². The summed E-state index contributed by atoms with van der Waals surface area (Å²) in [6.07, 6.45) is 2.95. The average molecular weight is 526 g/mol. The predicted octanol–water partition coefficient (Wildman–Crippen LogP) is 4.53. The number of fused-ring (bicyclic) bond motifs is 1. The van der Waals surface area contributed by atoms with Gasteiger partial charge < -0.3 is 9.30 Å². The average Bonchev–Trinajstić information content (AvgIpc) is 3.38. The summed E-state index contributed by atoms with van der Waals surface area (Å²) in [6.45, 7) is 7.31. The van der Waals surface area contributed by atoms with E-state index in [0.717, 1.165) is 27.3 Å². The van der Waals surface area contributed by atoms with Crippen molar-refractivity contribution >= 4 is 60.4 Å². The molecule has 0 saturated carbocycles.